The molecule has 6 nitrogen and oxygen atoms in total. The van der Waals surface area contributed by atoms with E-state index in [-0.39, 0.29) is 6.54 Å². The molecule has 0 saturated heterocycles. The van der Waals surface area contributed by atoms with Crippen LogP contribution < -0.4 is 10.6 Å². The Morgan fingerprint density at radius 3 is 2.41 bits per heavy atom. The summed E-state index contributed by atoms with van der Waals surface area (Å²) in [7, 11) is 0. The third-order valence-corrected chi connectivity index (χ3v) is 4.18. The predicted molar refractivity (Wildman–Crippen MR) is 98.6 cm³/mol. The van der Waals surface area contributed by atoms with E-state index in [1.54, 1.807) is 6.07 Å². The molecule has 3 aromatic rings. The van der Waals surface area contributed by atoms with Crippen LogP contribution in [0.5, 0.6) is 0 Å². The summed E-state index contributed by atoms with van der Waals surface area (Å²) >= 11 is 0. The van der Waals surface area contributed by atoms with Gasteiger partial charge in [0.1, 0.15) is 5.69 Å². The Labute approximate surface area is 164 Å². The lowest BCUT2D eigenvalue weighted by Crippen LogP contribution is -2.38. The second kappa shape index (κ2) is 8.78. The van der Waals surface area contributed by atoms with Crippen LogP contribution in [0.2, 0.25) is 0 Å². The van der Waals surface area contributed by atoms with Crippen molar-refractivity contribution in [3.63, 3.8) is 0 Å². The van der Waals surface area contributed by atoms with Crippen molar-refractivity contribution in [2.45, 2.75) is 18.8 Å². The van der Waals surface area contributed by atoms with Crippen LogP contribution in [0, 0.1) is 0 Å². The predicted octanol–water partition coefficient (Wildman–Crippen LogP) is 3.89. The third-order valence-electron chi connectivity index (χ3n) is 4.18. The zero-order chi connectivity index (χ0) is 20.9. The van der Waals surface area contributed by atoms with Gasteiger partial charge in [0.15, 0.2) is 5.76 Å². The van der Waals surface area contributed by atoms with Gasteiger partial charge in [-0.3, -0.25) is 0 Å². The molecule has 9 heteroatoms. The number of alkyl halides is 3. The van der Waals surface area contributed by atoms with Gasteiger partial charge in [-0.15, -0.1) is 0 Å². The molecule has 2 amide bonds. The average molecular weight is 405 g/mol. The molecule has 0 radical (unpaired) electrons. The molecule has 0 aliphatic carbocycles. The van der Waals surface area contributed by atoms with Crippen molar-refractivity contribution in [2.75, 3.05) is 6.61 Å². The second-order valence-corrected chi connectivity index (χ2v) is 6.23. The normalized spacial score (nSPS) is 12.4. The van der Waals surface area contributed by atoms with Gasteiger partial charge in [0.25, 0.3) is 0 Å². The van der Waals surface area contributed by atoms with Gasteiger partial charge in [0.05, 0.1) is 24.8 Å². The number of hydrogen-bond donors (Lipinski definition) is 3. The molecular formula is C20H18F3N3O3. The summed E-state index contributed by atoms with van der Waals surface area (Å²) in [5.74, 6) is 0.425. The first-order valence-corrected chi connectivity index (χ1v) is 8.70. The molecule has 3 rings (SSSR count). The van der Waals surface area contributed by atoms with Gasteiger partial charge in [-0.05, 0) is 17.7 Å². The Morgan fingerprint density at radius 1 is 1.10 bits per heavy atom. The Bertz CT molecular complexity index is 941. The summed E-state index contributed by atoms with van der Waals surface area (Å²) in [6, 6.07) is 13.8. The van der Waals surface area contributed by atoms with Crippen molar-refractivity contribution in [1.82, 2.24) is 15.8 Å². The van der Waals surface area contributed by atoms with Crippen LogP contribution in [0.3, 0.4) is 0 Å². The van der Waals surface area contributed by atoms with Crippen LogP contribution in [0.15, 0.2) is 65.2 Å². The summed E-state index contributed by atoms with van der Waals surface area (Å²) in [6.07, 6.45) is -4.45. The van der Waals surface area contributed by atoms with Gasteiger partial charge >= 0.3 is 12.2 Å². The summed E-state index contributed by atoms with van der Waals surface area (Å²) in [5.41, 5.74) is 1.04. The molecule has 0 spiro atoms. The standard InChI is InChI=1S/C20H18F3N3O3/c21-20(22,23)15-8-6-14(7-9-15)18(12-27)25-19(28)24-11-16-10-17(26-29-16)13-4-2-1-3-5-13/h1-10,18,27H,11-12H2,(H2,24,25,28). The first kappa shape index (κ1) is 20.4. The van der Waals surface area contributed by atoms with E-state index < -0.39 is 30.4 Å². The van der Waals surface area contributed by atoms with E-state index >= 15 is 0 Å². The van der Waals surface area contributed by atoms with E-state index in [1.165, 1.54) is 12.1 Å². The van der Waals surface area contributed by atoms with Crippen molar-refractivity contribution in [3.05, 3.63) is 77.6 Å². The zero-order valence-electron chi connectivity index (χ0n) is 15.1. The molecule has 0 aliphatic heterocycles. The highest BCUT2D eigenvalue weighted by atomic mass is 19.4. The fraction of sp³-hybridized carbons (Fsp3) is 0.200. The monoisotopic (exact) mass is 405 g/mol. The zero-order valence-corrected chi connectivity index (χ0v) is 15.1. The molecular weight excluding hydrogens is 387 g/mol. The Balaban J connectivity index is 1.56. The fourth-order valence-electron chi connectivity index (χ4n) is 2.66. The van der Waals surface area contributed by atoms with Gasteiger partial charge in [-0.2, -0.15) is 13.2 Å². The van der Waals surface area contributed by atoms with E-state index in [2.05, 4.69) is 15.8 Å². The van der Waals surface area contributed by atoms with Gasteiger partial charge in [0, 0.05) is 11.6 Å². The van der Waals surface area contributed by atoms with Crippen molar-refractivity contribution < 1.29 is 27.6 Å². The van der Waals surface area contributed by atoms with Crippen LogP contribution in [0.1, 0.15) is 22.9 Å². The highest BCUT2D eigenvalue weighted by Crippen LogP contribution is 2.29. The molecule has 1 heterocycles. The molecule has 3 N–H and O–H groups in total. The smallest absolute Gasteiger partial charge is 0.394 e. The van der Waals surface area contributed by atoms with Crippen LogP contribution in [-0.4, -0.2) is 22.9 Å². The van der Waals surface area contributed by atoms with Gasteiger partial charge in [-0.1, -0.05) is 47.6 Å². The quantitative estimate of drug-likeness (QED) is 0.581. The summed E-state index contributed by atoms with van der Waals surface area (Å²) in [5, 5.41) is 18.5. The lowest BCUT2D eigenvalue weighted by molar-refractivity contribution is -0.137. The number of aromatic nitrogens is 1. The number of halogens is 3. The number of nitrogens with zero attached hydrogens (tertiary/aromatic N) is 1. The lowest BCUT2D eigenvalue weighted by atomic mass is 10.1. The molecule has 1 atom stereocenters. The Morgan fingerprint density at radius 2 is 1.79 bits per heavy atom. The van der Waals surface area contributed by atoms with E-state index in [0.717, 1.165) is 17.7 Å². The highest BCUT2D eigenvalue weighted by Gasteiger charge is 2.30. The number of hydrogen-bond acceptors (Lipinski definition) is 4. The van der Waals surface area contributed by atoms with E-state index in [0.29, 0.717) is 17.0 Å². The Kier molecular flexibility index (Phi) is 6.18. The van der Waals surface area contributed by atoms with Crippen LogP contribution in [-0.2, 0) is 12.7 Å². The molecule has 0 bridgehead atoms. The summed E-state index contributed by atoms with van der Waals surface area (Å²) in [4.78, 5) is 12.1. The summed E-state index contributed by atoms with van der Waals surface area (Å²) < 4.78 is 43.1. The molecule has 1 unspecified atom stereocenters. The number of benzene rings is 2. The number of aliphatic hydroxyl groups excluding tert-OH is 1. The van der Waals surface area contributed by atoms with Gasteiger partial charge in [0.2, 0.25) is 0 Å². The SMILES string of the molecule is O=C(NCc1cc(-c2ccccc2)no1)NC(CO)c1ccc(C(F)(F)F)cc1. The molecule has 2 aromatic carbocycles. The molecule has 152 valence electrons. The van der Waals surface area contributed by atoms with E-state index in [9.17, 15) is 23.1 Å². The third kappa shape index (κ3) is 5.35. The highest BCUT2D eigenvalue weighted by molar-refractivity contribution is 5.74. The number of aliphatic hydroxyl groups is 1. The molecule has 29 heavy (non-hydrogen) atoms. The number of amides is 2. The van der Waals surface area contributed by atoms with Gasteiger partial charge < -0.3 is 20.3 Å². The first-order valence-electron chi connectivity index (χ1n) is 8.70. The topological polar surface area (TPSA) is 87.4 Å². The van der Waals surface area contributed by atoms with Crippen molar-refractivity contribution in [2.24, 2.45) is 0 Å². The molecule has 0 saturated carbocycles. The van der Waals surface area contributed by atoms with Crippen LogP contribution in [0.25, 0.3) is 11.3 Å². The minimum Gasteiger partial charge on any atom is -0.394 e. The van der Waals surface area contributed by atoms with Crippen LogP contribution >= 0.6 is 0 Å². The van der Waals surface area contributed by atoms with Crippen LogP contribution in [0.4, 0.5) is 18.0 Å². The minimum atomic E-state index is -4.45. The number of carbonyl (C=O) groups excluding carboxylic acids is 1. The Hall–Kier alpha value is -3.33. The summed E-state index contributed by atoms with van der Waals surface area (Å²) in [6.45, 7) is -0.421. The fourth-order valence-corrected chi connectivity index (χ4v) is 2.66. The molecule has 0 aliphatic rings. The molecule has 0 fully saturated rings. The number of carbonyl (C=O) groups is 1. The second-order valence-electron chi connectivity index (χ2n) is 6.23. The minimum absolute atomic E-state index is 0.0524. The number of nitrogens with one attached hydrogen (secondary N) is 2. The van der Waals surface area contributed by atoms with E-state index in [4.69, 9.17) is 4.52 Å². The maximum Gasteiger partial charge on any atom is 0.416 e. The maximum absolute atomic E-state index is 12.6. The lowest BCUT2D eigenvalue weighted by Gasteiger charge is -2.17. The van der Waals surface area contributed by atoms with Crippen molar-refractivity contribution in [1.29, 1.82) is 0 Å². The van der Waals surface area contributed by atoms with Gasteiger partial charge in [-0.25, -0.2) is 4.79 Å². The van der Waals surface area contributed by atoms with Crippen molar-refractivity contribution >= 4 is 6.03 Å². The number of rotatable bonds is 6. The largest absolute Gasteiger partial charge is 0.416 e. The molecule has 1 aromatic heterocycles. The average Bonchev–Trinajstić information content (AvgIpc) is 3.20. The van der Waals surface area contributed by atoms with E-state index in [1.807, 2.05) is 30.3 Å². The first-order chi connectivity index (χ1) is 13.9. The van der Waals surface area contributed by atoms with Crippen molar-refractivity contribution in [3.8, 4) is 11.3 Å². The number of urea groups is 1. The maximum atomic E-state index is 12.6.